The summed E-state index contributed by atoms with van der Waals surface area (Å²) in [5, 5.41) is 3.06. The van der Waals surface area contributed by atoms with Crippen molar-refractivity contribution in [1.29, 1.82) is 0 Å². The van der Waals surface area contributed by atoms with Crippen LogP contribution >= 0.6 is 0 Å². The molecular formula is C34H42F2N6O. The summed E-state index contributed by atoms with van der Waals surface area (Å²) in [4.78, 5) is 26.3. The first-order valence-corrected chi connectivity index (χ1v) is 14.9. The minimum Gasteiger partial charge on any atom is -0.366 e. The molecule has 0 atom stereocenters. The van der Waals surface area contributed by atoms with Gasteiger partial charge in [0, 0.05) is 36.5 Å². The van der Waals surface area contributed by atoms with E-state index in [0.29, 0.717) is 29.0 Å². The normalized spacial score (nSPS) is 18.3. The number of primary amides is 1. The Hall–Kier alpha value is -4.11. The SMILES string of the molecule is C=CNC(/N=C(\N=C\c1cc(C(N)=O)ccc1C)N1CCC(N2CCC(C)CC2)CC1)=C(C)\C=C/c1c(F)cccc1F. The van der Waals surface area contributed by atoms with Crippen LogP contribution in [0.1, 0.15) is 66.6 Å². The number of aryl methyl sites for hydroxylation is 1. The van der Waals surface area contributed by atoms with Gasteiger partial charge >= 0.3 is 0 Å². The number of aliphatic imine (C=N–C) groups is 2. The highest BCUT2D eigenvalue weighted by Gasteiger charge is 2.28. The smallest absolute Gasteiger partial charge is 0.248 e. The van der Waals surface area contributed by atoms with Gasteiger partial charge in [0.2, 0.25) is 11.9 Å². The largest absolute Gasteiger partial charge is 0.366 e. The molecule has 4 rings (SSSR count). The molecule has 0 radical (unpaired) electrons. The standard InChI is InChI=1S/C34H42F2N6O/c1-5-38-33(25(4)10-12-29-30(35)7-6-8-31(29)36)40-34(39-22-27-21-26(32(37)43)11-9-24(27)3)42-19-15-28(16-20-42)41-17-13-23(2)14-18-41/h5-12,21-23,28,38H,1,13-20H2,2-4H3,(H2,37,43)/b12-10-,33-25+,39-22+,40-34+. The van der Waals surface area contributed by atoms with Crippen molar-refractivity contribution in [2.75, 3.05) is 26.2 Å². The van der Waals surface area contributed by atoms with Gasteiger partial charge in [0.15, 0.2) is 0 Å². The number of hydrogen-bond donors (Lipinski definition) is 2. The minimum atomic E-state index is -0.643. The number of benzene rings is 2. The molecule has 0 aliphatic carbocycles. The number of nitrogens with one attached hydrogen (secondary N) is 1. The second-order valence-electron chi connectivity index (χ2n) is 11.4. The number of nitrogens with two attached hydrogens (primary N) is 1. The van der Waals surface area contributed by atoms with Gasteiger partial charge in [0.25, 0.3) is 0 Å². The van der Waals surface area contributed by atoms with Gasteiger partial charge in [0.1, 0.15) is 17.5 Å². The molecule has 1 amide bonds. The van der Waals surface area contributed by atoms with E-state index in [9.17, 15) is 13.6 Å². The van der Waals surface area contributed by atoms with E-state index in [1.165, 1.54) is 43.3 Å². The highest BCUT2D eigenvalue weighted by atomic mass is 19.1. The van der Waals surface area contributed by atoms with E-state index in [1.54, 1.807) is 31.3 Å². The van der Waals surface area contributed by atoms with E-state index in [0.717, 1.165) is 56.1 Å². The average molecular weight is 589 g/mol. The van der Waals surface area contributed by atoms with Gasteiger partial charge in [-0.05, 0) is 112 Å². The molecule has 9 heteroatoms. The molecule has 2 aliphatic heterocycles. The molecule has 0 spiro atoms. The summed E-state index contributed by atoms with van der Waals surface area (Å²) in [5.41, 5.74) is 8.13. The predicted octanol–water partition coefficient (Wildman–Crippen LogP) is 6.02. The molecule has 43 heavy (non-hydrogen) atoms. The number of likely N-dealkylation sites (tertiary alicyclic amines) is 2. The molecular weight excluding hydrogens is 546 g/mol. The van der Waals surface area contributed by atoms with E-state index < -0.39 is 17.5 Å². The quantitative estimate of drug-likeness (QED) is 0.224. The highest BCUT2D eigenvalue weighted by Crippen LogP contribution is 2.24. The lowest BCUT2D eigenvalue weighted by Crippen LogP contribution is -2.48. The van der Waals surface area contributed by atoms with Crippen molar-refractivity contribution in [1.82, 2.24) is 15.1 Å². The monoisotopic (exact) mass is 588 g/mol. The summed E-state index contributed by atoms with van der Waals surface area (Å²) in [6.45, 7) is 13.7. The number of piperidine rings is 2. The van der Waals surface area contributed by atoms with Crippen LogP contribution in [-0.2, 0) is 0 Å². The number of rotatable bonds is 8. The molecule has 2 aliphatic rings. The third-order valence-corrected chi connectivity index (χ3v) is 8.29. The maximum Gasteiger partial charge on any atom is 0.248 e. The van der Waals surface area contributed by atoms with Crippen LogP contribution in [0.2, 0.25) is 0 Å². The maximum absolute atomic E-state index is 14.2. The number of allylic oxidation sites excluding steroid dienone is 2. The summed E-state index contributed by atoms with van der Waals surface area (Å²) in [6.07, 6.45) is 10.7. The number of carbonyl (C=O) groups excluding carboxylic acids is 1. The molecule has 3 N–H and O–H groups in total. The Morgan fingerprint density at radius 2 is 1.74 bits per heavy atom. The average Bonchev–Trinajstić information content (AvgIpc) is 2.99. The number of carbonyl (C=O) groups is 1. The first-order chi connectivity index (χ1) is 20.7. The van der Waals surface area contributed by atoms with Gasteiger partial charge in [-0.25, -0.2) is 13.8 Å². The van der Waals surface area contributed by atoms with Gasteiger partial charge in [-0.1, -0.05) is 31.7 Å². The zero-order chi connectivity index (χ0) is 30.9. The first kappa shape index (κ1) is 31.8. The van der Waals surface area contributed by atoms with Crippen LogP contribution < -0.4 is 11.1 Å². The summed E-state index contributed by atoms with van der Waals surface area (Å²) in [6, 6.07) is 9.56. The minimum absolute atomic E-state index is 0.124. The fraction of sp³-hybridized carbons (Fsp3) is 0.382. The number of hydrogen-bond acceptors (Lipinski definition) is 4. The number of nitrogens with zero attached hydrogens (tertiary/aromatic N) is 4. The lowest BCUT2D eigenvalue weighted by molar-refractivity contribution is 0.0981. The molecule has 2 heterocycles. The van der Waals surface area contributed by atoms with Crippen LogP contribution in [0.3, 0.4) is 0 Å². The Kier molecular flexibility index (Phi) is 11.0. The molecule has 2 aromatic carbocycles. The number of halogens is 2. The van der Waals surface area contributed by atoms with E-state index in [1.807, 2.05) is 13.0 Å². The highest BCUT2D eigenvalue weighted by molar-refractivity contribution is 5.98. The van der Waals surface area contributed by atoms with Crippen molar-refractivity contribution in [3.05, 3.63) is 101 Å². The maximum atomic E-state index is 14.2. The molecule has 228 valence electrons. The second kappa shape index (κ2) is 14.9. The molecule has 2 fully saturated rings. The Morgan fingerprint density at radius 3 is 2.37 bits per heavy atom. The van der Waals surface area contributed by atoms with E-state index in [2.05, 4.69) is 28.6 Å². The molecule has 0 bridgehead atoms. The van der Waals surface area contributed by atoms with Gasteiger partial charge in [-0.3, -0.25) is 4.79 Å². The number of guanidine groups is 1. The van der Waals surface area contributed by atoms with Crippen LogP contribution in [0.5, 0.6) is 0 Å². The van der Waals surface area contributed by atoms with Crippen LogP contribution in [0, 0.1) is 24.5 Å². The summed E-state index contributed by atoms with van der Waals surface area (Å²) >= 11 is 0. The molecule has 2 saturated heterocycles. The fourth-order valence-electron chi connectivity index (χ4n) is 5.45. The Labute approximate surface area is 253 Å². The molecule has 2 aromatic rings. The predicted molar refractivity (Wildman–Crippen MR) is 171 cm³/mol. The van der Waals surface area contributed by atoms with E-state index in [4.69, 9.17) is 15.7 Å². The van der Waals surface area contributed by atoms with Gasteiger partial charge in [-0.15, -0.1) is 0 Å². The fourth-order valence-corrected chi connectivity index (χ4v) is 5.45. The Balaban J connectivity index is 1.66. The van der Waals surface area contributed by atoms with Gasteiger partial charge in [0.05, 0.1) is 0 Å². The Morgan fingerprint density at radius 1 is 1.07 bits per heavy atom. The molecule has 0 aromatic heterocycles. The topological polar surface area (TPSA) is 86.3 Å². The van der Waals surface area contributed by atoms with E-state index in [-0.39, 0.29) is 5.56 Å². The lowest BCUT2D eigenvalue weighted by Gasteiger charge is -2.41. The lowest BCUT2D eigenvalue weighted by atomic mass is 9.95. The van der Waals surface area contributed by atoms with Crippen LogP contribution in [0.15, 0.2) is 76.6 Å². The van der Waals surface area contributed by atoms with Gasteiger partial charge < -0.3 is 20.9 Å². The molecule has 0 saturated carbocycles. The molecule has 7 nitrogen and oxygen atoms in total. The zero-order valence-corrected chi connectivity index (χ0v) is 25.3. The van der Waals surface area contributed by atoms with Crippen molar-refractivity contribution < 1.29 is 13.6 Å². The molecule has 0 unspecified atom stereocenters. The van der Waals surface area contributed by atoms with Crippen molar-refractivity contribution >= 4 is 24.2 Å². The van der Waals surface area contributed by atoms with Gasteiger partial charge in [-0.2, -0.15) is 4.99 Å². The first-order valence-electron chi connectivity index (χ1n) is 14.9. The third-order valence-electron chi connectivity index (χ3n) is 8.29. The third kappa shape index (κ3) is 8.47. The van der Waals surface area contributed by atoms with Crippen LogP contribution in [-0.4, -0.2) is 60.1 Å². The summed E-state index contributed by atoms with van der Waals surface area (Å²) in [7, 11) is 0. The zero-order valence-electron chi connectivity index (χ0n) is 25.3. The van der Waals surface area contributed by atoms with Crippen molar-refractivity contribution in [2.45, 2.75) is 52.5 Å². The van der Waals surface area contributed by atoms with Crippen LogP contribution in [0.4, 0.5) is 8.78 Å². The van der Waals surface area contributed by atoms with E-state index >= 15 is 0 Å². The van der Waals surface area contributed by atoms with Crippen molar-refractivity contribution in [3.63, 3.8) is 0 Å². The summed E-state index contributed by atoms with van der Waals surface area (Å²) in [5.74, 6) is -0.0671. The van der Waals surface area contributed by atoms with Crippen molar-refractivity contribution in [3.8, 4) is 0 Å². The Bertz CT molecular complexity index is 1410. The second-order valence-corrected chi connectivity index (χ2v) is 11.4. The van der Waals surface area contributed by atoms with Crippen molar-refractivity contribution in [2.24, 2.45) is 21.6 Å². The number of amides is 1. The summed E-state index contributed by atoms with van der Waals surface area (Å²) < 4.78 is 28.5. The van der Waals surface area contributed by atoms with Crippen LogP contribution in [0.25, 0.3) is 6.08 Å².